The van der Waals surface area contributed by atoms with Crippen LogP contribution in [0.15, 0.2) is 71.4 Å². The Kier molecular flexibility index (Phi) is 4.23. The Labute approximate surface area is 209 Å². The van der Waals surface area contributed by atoms with Crippen LogP contribution in [0.1, 0.15) is 38.5 Å². The molecule has 8 atom stereocenters. The maximum absolute atomic E-state index is 14.1. The molecule has 0 aromatic carbocycles. The van der Waals surface area contributed by atoms with Crippen molar-refractivity contribution < 1.29 is 28.7 Å². The first-order valence-corrected chi connectivity index (χ1v) is 12.8. The van der Waals surface area contributed by atoms with E-state index in [0.717, 1.165) is 16.7 Å². The molecule has 36 heavy (non-hydrogen) atoms. The van der Waals surface area contributed by atoms with Crippen molar-refractivity contribution in [3.05, 3.63) is 71.4 Å². The van der Waals surface area contributed by atoms with E-state index in [4.69, 9.17) is 9.47 Å². The monoisotopic (exact) mass is 484 g/mol. The minimum absolute atomic E-state index is 0.0184. The fraction of sp³-hybridized carbons (Fsp3) is 0.467. The second kappa shape index (κ2) is 6.93. The summed E-state index contributed by atoms with van der Waals surface area (Å²) in [4.78, 5) is 53.2. The summed E-state index contributed by atoms with van der Waals surface area (Å²) in [6.07, 6.45) is 4.44. The largest absolute Gasteiger partial charge is 0.458 e. The van der Waals surface area contributed by atoms with Crippen LogP contribution in [0.5, 0.6) is 0 Å². The highest BCUT2D eigenvalue weighted by atomic mass is 16.6. The summed E-state index contributed by atoms with van der Waals surface area (Å²) in [6.45, 7) is 16.5. The van der Waals surface area contributed by atoms with E-state index in [0.29, 0.717) is 54.4 Å². The number of allylic oxidation sites excluding steroid dienone is 4. The van der Waals surface area contributed by atoms with Crippen molar-refractivity contribution in [3.8, 4) is 0 Å². The first kappa shape index (κ1) is 22.0. The molecule has 2 saturated carbocycles. The summed E-state index contributed by atoms with van der Waals surface area (Å²) in [5.41, 5.74) is 3.52. The third-order valence-electron chi connectivity index (χ3n) is 10.3. The van der Waals surface area contributed by atoms with Crippen LogP contribution in [0.3, 0.4) is 0 Å². The SMILES string of the molecule is C=C1CC[C@H]2C(=C)C(=O)OC2C2C1CC(=O)[C@]21CCC2=CC[C@H]3C(=C)C(=O)OC3C3C(=C)C(=O)C1=C23. The van der Waals surface area contributed by atoms with Crippen LogP contribution in [-0.4, -0.2) is 35.7 Å². The third-order valence-corrected chi connectivity index (χ3v) is 10.3. The van der Waals surface area contributed by atoms with Gasteiger partial charge >= 0.3 is 11.9 Å². The highest BCUT2D eigenvalue weighted by molar-refractivity contribution is 6.18. The molecule has 7 aliphatic rings. The van der Waals surface area contributed by atoms with Crippen LogP contribution in [0, 0.1) is 35.0 Å². The van der Waals surface area contributed by atoms with Gasteiger partial charge in [0.2, 0.25) is 0 Å². The maximum Gasteiger partial charge on any atom is 0.334 e. The van der Waals surface area contributed by atoms with Crippen LogP contribution < -0.4 is 0 Å². The van der Waals surface area contributed by atoms with E-state index in [1.54, 1.807) is 0 Å². The van der Waals surface area contributed by atoms with Crippen LogP contribution in [0.4, 0.5) is 0 Å². The number of ketones is 2. The molecular formula is C30H28O6. The van der Waals surface area contributed by atoms with Gasteiger partial charge in [-0.3, -0.25) is 9.59 Å². The van der Waals surface area contributed by atoms with Gasteiger partial charge in [-0.15, -0.1) is 0 Å². The molecular weight excluding hydrogens is 456 g/mol. The van der Waals surface area contributed by atoms with Crippen molar-refractivity contribution in [2.75, 3.05) is 0 Å². The molecule has 0 aromatic heterocycles. The quantitative estimate of drug-likeness (QED) is 0.295. The molecule has 1 spiro atoms. The van der Waals surface area contributed by atoms with Crippen molar-refractivity contribution in [3.63, 3.8) is 0 Å². The fourth-order valence-corrected chi connectivity index (χ4v) is 8.58. The molecule has 2 saturated heterocycles. The second-order valence-electron chi connectivity index (χ2n) is 11.5. The molecule has 0 amide bonds. The smallest absolute Gasteiger partial charge is 0.334 e. The number of carbonyl (C=O) groups is 4. The molecule has 4 fully saturated rings. The van der Waals surface area contributed by atoms with Gasteiger partial charge in [0.25, 0.3) is 0 Å². The minimum atomic E-state index is -1.08. The predicted octanol–water partition coefficient (Wildman–Crippen LogP) is 3.90. The summed E-state index contributed by atoms with van der Waals surface area (Å²) >= 11 is 0. The molecule has 2 heterocycles. The van der Waals surface area contributed by atoms with E-state index >= 15 is 0 Å². The van der Waals surface area contributed by atoms with E-state index in [1.165, 1.54) is 0 Å². The Bertz CT molecular complexity index is 1340. The minimum Gasteiger partial charge on any atom is -0.458 e. The number of hydrogen-bond acceptors (Lipinski definition) is 6. The van der Waals surface area contributed by atoms with Gasteiger partial charge in [-0.1, -0.05) is 38.0 Å². The van der Waals surface area contributed by atoms with Crippen LogP contribution >= 0.6 is 0 Å². The van der Waals surface area contributed by atoms with Crippen LogP contribution in [-0.2, 0) is 28.7 Å². The molecule has 0 aromatic rings. The highest BCUT2D eigenvalue weighted by Crippen LogP contribution is 2.66. The summed E-state index contributed by atoms with van der Waals surface area (Å²) in [5, 5.41) is 0. The van der Waals surface area contributed by atoms with Gasteiger partial charge < -0.3 is 9.47 Å². The lowest BCUT2D eigenvalue weighted by molar-refractivity contribution is -0.145. The Morgan fingerprint density at radius 1 is 0.833 bits per heavy atom. The van der Waals surface area contributed by atoms with E-state index in [1.807, 2.05) is 0 Å². The molecule has 2 aliphatic heterocycles. The molecule has 7 rings (SSSR count). The molecule has 0 radical (unpaired) electrons. The number of rotatable bonds is 0. The van der Waals surface area contributed by atoms with Gasteiger partial charge in [0.15, 0.2) is 5.78 Å². The van der Waals surface area contributed by atoms with E-state index in [-0.39, 0.29) is 41.7 Å². The lowest BCUT2D eigenvalue weighted by Gasteiger charge is -2.43. The number of esters is 2. The average molecular weight is 485 g/mol. The molecule has 5 unspecified atom stereocenters. The van der Waals surface area contributed by atoms with Gasteiger partial charge in [0, 0.05) is 46.5 Å². The summed E-state index contributed by atoms with van der Waals surface area (Å²) < 4.78 is 11.7. The zero-order valence-corrected chi connectivity index (χ0v) is 20.1. The highest BCUT2D eigenvalue weighted by Gasteiger charge is 2.68. The van der Waals surface area contributed by atoms with Crippen LogP contribution in [0.2, 0.25) is 0 Å². The third kappa shape index (κ3) is 2.38. The molecule has 5 aliphatic carbocycles. The van der Waals surface area contributed by atoms with Gasteiger partial charge in [0.05, 0.1) is 11.3 Å². The Balaban J connectivity index is 1.46. The van der Waals surface area contributed by atoms with Gasteiger partial charge in [-0.2, -0.15) is 0 Å². The maximum atomic E-state index is 14.1. The van der Waals surface area contributed by atoms with Gasteiger partial charge in [-0.05, 0) is 49.2 Å². The fourth-order valence-electron chi connectivity index (χ4n) is 8.58. The van der Waals surface area contributed by atoms with Crippen molar-refractivity contribution in [2.45, 2.75) is 50.7 Å². The van der Waals surface area contributed by atoms with E-state index < -0.39 is 35.5 Å². The Hall–Kier alpha value is -3.28. The van der Waals surface area contributed by atoms with Crippen molar-refractivity contribution in [1.82, 2.24) is 0 Å². The zero-order chi connectivity index (χ0) is 25.3. The zero-order valence-electron chi connectivity index (χ0n) is 20.1. The predicted molar refractivity (Wildman–Crippen MR) is 129 cm³/mol. The second-order valence-corrected chi connectivity index (χ2v) is 11.5. The summed E-state index contributed by atoms with van der Waals surface area (Å²) in [6, 6.07) is 0. The Morgan fingerprint density at radius 2 is 1.53 bits per heavy atom. The topological polar surface area (TPSA) is 86.7 Å². The normalized spacial score (nSPS) is 43.1. The number of carbonyl (C=O) groups excluding carboxylic acids is 4. The molecule has 6 heteroatoms. The number of Topliss-reactive ketones (excluding diaryl/α,β-unsaturated/α-hetero) is 2. The Morgan fingerprint density at radius 3 is 2.28 bits per heavy atom. The number of ether oxygens (including phenoxy) is 2. The standard InChI is InChI=1S/C30H28O6/c1-12-5-7-18-14(3)29(34)36-27(18)23-19(12)11-20(31)30(23)10-9-16-6-8-17-13(2)28(33)35-26(17)21-15(4)25(32)24(30)22(16)21/h6,17-19,21,23,26-27H,1-5,7-11H2/t17-,18-,19?,21?,23?,26?,27?,30+/m0/s1. The van der Waals surface area contributed by atoms with Gasteiger partial charge in [-0.25, -0.2) is 9.59 Å². The first-order valence-electron chi connectivity index (χ1n) is 12.8. The van der Waals surface area contributed by atoms with Gasteiger partial charge in [0.1, 0.15) is 18.0 Å². The van der Waals surface area contributed by atoms with E-state index in [2.05, 4.69) is 32.4 Å². The van der Waals surface area contributed by atoms with Crippen molar-refractivity contribution >= 4 is 23.5 Å². The molecule has 6 nitrogen and oxygen atoms in total. The average Bonchev–Trinajstić information content (AvgIpc) is 3.41. The first-order chi connectivity index (χ1) is 17.2. The number of fused-ring (bicyclic) bond motifs is 7. The van der Waals surface area contributed by atoms with Crippen LogP contribution in [0.25, 0.3) is 0 Å². The van der Waals surface area contributed by atoms with E-state index in [9.17, 15) is 19.2 Å². The lowest BCUT2D eigenvalue weighted by Crippen LogP contribution is -2.46. The number of hydrogen-bond donors (Lipinski definition) is 0. The van der Waals surface area contributed by atoms with Crippen molar-refractivity contribution in [1.29, 1.82) is 0 Å². The lowest BCUT2D eigenvalue weighted by atomic mass is 9.59. The molecule has 184 valence electrons. The van der Waals surface area contributed by atoms with Crippen molar-refractivity contribution in [2.24, 2.45) is 35.0 Å². The summed E-state index contributed by atoms with van der Waals surface area (Å²) in [5.74, 6) is -2.47. The molecule has 0 bridgehead atoms. The molecule has 0 N–H and O–H groups in total. The summed E-state index contributed by atoms with van der Waals surface area (Å²) in [7, 11) is 0.